The number of rotatable bonds is 12. The van der Waals surface area contributed by atoms with Gasteiger partial charge in [-0.15, -0.1) is 0 Å². The van der Waals surface area contributed by atoms with E-state index in [2.05, 4.69) is 134 Å². The van der Waals surface area contributed by atoms with Gasteiger partial charge in [-0.05, 0) is 59.3 Å². The number of nitrogens with one attached hydrogen (secondary N) is 2. The van der Waals surface area contributed by atoms with Crippen LogP contribution in [-0.2, 0) is 72.8 Å². The maximum Gasteiger partial charge on any atom is 1.00 e. The summed E-state index contributed by atoms with van der Waals surface area (Å²) in [5.74, 6) is -7.11. The van der Waals surface area contributed by atoms with Crippen molar-refractivity contribution in [1.82, 2.24) is 0 Å². The summed E-state index contributed by atoms with van der Waals surface area (Å²) < 4.78 is 141. The van der Waals surface area contributed by atoms with Gasteiger partial charge < -0.3 is 55.2 Å². The molecule has 18 nitrogen and oxygen atoms in total. The zero-order valence-corrected chi connectivity index (χ0v) is 49.1. The van der Waals surface area contributed by atoms with Crippen LogP contribution in [-0.4, -0.2) is 153 Å². The van der Waals surface area contributed by atoms with E-state index in [1.165, 1.54) is 39.3 Å². The summed E-state index contributed by atoms with van der Waals surface area (Å²) in [5.41, 5.74) is 0. The van der Waals surface area contributed by atoms with Crippen LogP contribution in [0.3, 0.4) is 0 Å². The van der Waals surface area contributed by atoms with Crippen LogP contribution in [0.5, 0.6) is 0 Å². The quantitative estimate of drug-likeness (QED) is 0.0317. The van der Waals surface area contributed by atoms with Crippen LogP contribution in [0.25, 0.3) is 0 Å². The normalized spacial score (nSPS) is 28.1. The third-order valence-corrected chi connectivity index (χ3v) is 11.8. The molecule has 6 fully saturated rings. The van der Waals surface area contributed by atoms with E-state index in [-0.39, 0.29) is 59.7 Å². The summed E-state index contributed by atoms with van der Waals surface area (Å²) in [6.07, 6.45) is -7.41. The molecule has 10 unspecified atom stereocenters. The van der Waals surface area contributed by atoms with Crippen molar-refractivity contribution in [3.8, 4) is 0 Å². The third kappa shape index (κ3) is 17.2. The van der Waals surface area contributed by atoms with E-state index < -0.39 is 115 Å². The topological polar surface area (TPSA) is 244 Å². The van der Waals surface area contributed by atoms with Crippen LogP contribution >= 0.6 is 82.5 Å². The van der Waals surface area contributed by atoms with Crippen molar-refractivity contribution >= 4 is 127 Å². The summed E-state index contributed by atoms with van der Waals surface area (Å²) in [5, 5.41) is -10.3. The molecule has 6 rings (SSSR count). The first kappa shape index (κ1) is 66.1. The number of ether oxygens (including phenoxy) is 6. The van der Waals surface area contributed by atoms with Gasteiger partial charge in [-0.25, -0.2) is 18.0 Å². The Morgan fingerprint density at radius 3 is 1.21 bits per heavy atom. The SMILES string of the molecule is CC[NH+](CC)CC.CC[NH+](CC)CC.CI.O=C1OC2C(OC(=O)C(F)(F)S(=O)(=O)O)C3CC1C2O3.O=C1OC2C(OC(=O)C(F)(F)S(=O)(=O)[O-])C3CC1C2O3.[Cl-].[I][V]([I])[I].[Na+]. The van der Waals surface area contributed by atoms with Gasteiger partial charge in [0.25, 0.3) is 0 Å². The first-order valence-corrected chi connectivity index (χ1v) is 36.8. The molecule has 10 atom stereocenters. The molecule has 0 aromatic rings. The molecular formula is C31H50ClF4I4N2NaO16S2V+. The van der Waals surface area contributed by atoms with Gasteiger partial charge in [0.15, 0.2) is 34.5 Å². The number of quaternary nitrogens is 2. The van der Waals surface area contributed by atoms with Crippen molar-refractivity contribution in [3.63, 3.8) is 0 Å². The van der Waals surface area contributed by atoms with E-state index in [1.54, 1.807) is 9.80 Å². The molecule has 0 saturated carbocycles. The van der Waals surface area contributed by atoms with Crippen LogP contribution in [0.1, 0.15) is 54.4 Å². The number of esters is 4. The molecule has 6 aliphatic rings. The minimum atomic E-state index is -6.19. The molecule has 3 N–H and O–H groups in total. The minimum Gasteiger partial charge on any atom is 1.00 e. The molecule has 62 heavy (non-hydrogen) atoms. The maximum absolute atomic E-state index is 13.1. The monoisotopic (exact) mass is 1460 g/mol. The fraction of sp³-hybridized carbons (Fsp3) is 0.871. The van der Waals surface area contributed by atoms with E-state index >= 15 is 0 Å². The Morgan fingerprint density at radius 1 is 0.710 bits per heavy atom. The second-order valence-corrected chi connectivity index (χ2v) is 51.5. The van der Waals surface area contributed by atoms with E-state index in [0.29, 0.717) is 0 Å². The van der Waals surface area contributed by atoms with Gasteiger partial charge >= 0.3 is 139 Å². The molecule has 0 aromatic carbocycles. The summed E-state index contributed by atoms with van der Waals surface area (Å²) in [4.78, 5) is 50.1. The average Bonchev–Trinajstić information content (AvgIpc) is 4.00. The number of hydrogen-bond acceptors (Lipinski definition) is 15. The first-order chi connectivity index (χ1) is 27.7. The van der Waals surface area contributed by atoms with Crippen molar-refractivity contribution in [2.24, 2.45) is 11.8 Å². The summed E-state index contributed by atoms with van der Waals surface area (Å²) in [6.45, 7) is 21.0. The summed E-state index contributed by atoms with van der Waals surface area (Å²) in [7, 11) is -12.1. The van der Waals surface area contributed by atoms with E-state index in [4.69, 9.17) is 23.5 Å². The zero-order chi connectivity index (χ0) is 46.7. The molecule has 4 bridgehead atoms. The van der Waals surface area contributed by atoms with Gasteiger partial charge in [0.2, 0.25) is 0 Å². The predicted octanol–water partition coefficient (Wildman–Crippen LogP) is -4.58. The summed E-state index contributed by atoms with van der Waals surface area (Å²) in [6, 6.07) is 0. The Kier molecular flexibility index (Phi) is 31.2. The fourth-order valence-corrected chi connectivity index (χ4v) is 7.37. The largest absolute Gasteiger partial charge is 1.00 e. The van der Waals surface area contributed by atoms with Crippen LogP contribution in [0, 0.1) is 11.8 Å². The molecule has 360 valence electrons. The molecule has 6 saturated heterocycles. The number of carbonyl (C=O) groups is 4. The molecule has 0 amide bonds. The van der Waals surface area contributed by atoms with Gasteiger partial charge in [-0.1, -0.05) is 22.6 Å². The third-order valence-electron chi connectivity index (χ3n) is 10.2. The van der Waals surface area contributed by atoms with Crippen molar-refractivity contribution in [3.05, 3.63) is 0 Å². The number of alkyl halides is 5. The number of halogens is 9. The molecular weight excluding hydrogens is 1410 g/mol. The molecule has 0 aromatic heterocycles. The molecule has 0 radical (unpaired) electrons. The number of fused-ring (bicyclic) bond motifs is 2. The van der Waals surface area contributed by atoms with E-state index in [0.717, 1.165) is 0 Å². The Balaban J connectivity index is 0. The molecule has 6 heterocycles. The fourth-order valence-electron chi connectivity index (χ4n) is 6.86. The molecule has 0 aliphatic carbocycles. The van der Waals surface area contributed by atoms with Gasteiger partial charge in [-0.3, -0.25) is 14.1 Å². The Hall–Kier alpha value is 2.05. The first-order valence-electron chi connectivity index (χ1n) is 18.3. The number of carbonyl (C=O) groups excluding carboxylic acids is 4. The standard InChI is InChI=1S/2C9H8F2O8S.2C6H15N.CH3I.ClH.3HI.Na.V/c2*10-9(11,20(14,15)16)8(13)19-5-3-1-2-4(17-3)6(5)18-7(2)12;2*1-4-7(5-2)6-3;1-2;;;;;;/h2*2-6H,1H2,(H,14,15,16);2*4-6H2,1-3H3;1H3;4*1H;;/q;;;;;;;;;+1;+3/p-3. The van der Waals surface area contributed by atoms with E-state index in [9.17, 15) is 58.1 Å². The van der Waals surface area contributed by atoms with Gasteiger partial charge in [0, 0.05) is 0 Å². The van der Waals surface area contributed by atoms with Crippen molar-refractivity contribution in [2.45, 2.75) is 114 Å². The second kappa shape index (κ2) is 29.3. The minimum absolute atomic E-state index is 0. The Labute approximate surface area is 438 Å². The molecule has 0 spiro atoms. The van der Waals surface area contributed by atoms with Crippen LogP contribution in [0.4, 0.5) is 17.6 Å². The van der Waals surface area contributed by atoms with Crippen LogP contribution in [0.2, 0.25) is 0 Å². The molecule has 6 aliphatic heterocycles. The van der Waals surface area contributed by atoms with Gasteiger partial charge in [-0.2, -0.15) is 26.0 Å². The van der Waals surface area contributed by atoms with Crippen LogP contribution < -0.4 is 51.8 Å². The maximum atomic E-state index is 13.1. The van der Waals surface area contributed by atoms with Crippen LogP contribution in [0.15, 0.2) is 0 Å². The average molecular weight is 1460 g/mol. The Morgan fingerprint density at radius 2 is 0.984 bits per heavy atom. The smallest absolute Gasteiger partial charge is 1.00 e. The Bertz CT molecular complexity index is 1560. The molecule has 31 heteroatoms. The second-order valence-electron chi connectivity index (χ2n) is 13.3. The zero-order valence-electron chi connectivity index (χ0n) is 34.7. The van der Waals surface area contributed by atoms with Crippen molar-refractivity contribution < 1.29 is 148 Å². The van der Waals surface area contributed by atoms with Crippen molar-refractivity contribution in [1.29, 1.82) is 0 Å². The summed E-state index contributed by atoms with van der Waals surface area (Å²) >= 11 is 9.54. The predicted molar refractivity (Wildman–Crippen MR) is 231 cm³/mol. The van der Waals surface area contributed by atoms with Crippen molar-refractivity contribution in [2.75, 3.05) is 44.2 Å². The van der Waals surface area contributed by atoms with Gasteiger partial charge in [0.1, 0.15) is 12.2 Å². The number of hydrogen-bond donors (Lipinski definition) is 3. The van der Waals surface area contributed by atoms with E-state index in [1.807, 2.05) is 4.93 Å². The van der Waals surface area contributed by atoms with Gasteiger partial charge in [0.05, 0.1) is 63.3 Å².